The number of rotatable bonds is 12. The third kappa shape index (κ3) is 9.76. The molecule has 252 valence electrons. The summed E-state index contributed by atoms with van der Waals surface area (Å²) in [6.07, 6.45) is -4.88. The monoisotopic (exact) mass is 730 g/mol. The average Bonchev–Trinajstić information content (AvgIpc) is 3.04. The van der Waals surface area contributed by atoms with E-state index < -0.39 is 53.9 Å². The van der Waals surface area contributed by atoms with Crippen molar-refractivity contribution in [2.45, 2.75) is 26.1 Å². The van der Waals surface area contributed by atoms with Crippen LogP contribution in [0.2, 0.25) is 0 Å². The van der Waals surface area contributed by atoms with E-state index >= 15 is 0 Å². The minimum Gasteiger partial charge on any atom is -0.493 e. The van der Waals surface area contributed by atoms with Crippen LogP contribution >= 0.6 is 15.9 Å². The molecule has 2 amide bonds. The molecule has 0 fully saturated rings. The van der Waals surface area contributed by atoms with E-state index in [-0.39, 0.29) is 39.7 Å². The third-order valence-corrected chi connectivity index (χ3v) is 6.49. The van der Waals surface area contributed by atoms with Crippen molar-refractivity contribution in [3.8, 4) is 23.0 Å². The summed E-state index contributed by atoms with van der Waals surface area (Å²) >= 11 is 3.22. The van der Waals surface area contributed by atoms with Crippen LogP contribution in [0.1, 0.15) is 44.9 Å². The van der Waals surface area contributed by atoms with E-state index in [4.69, 9.17) is 28.4 Å². The summed E-state index contributed by atoms with van der Waals surface area (Å²) in [7, 11) is 2.43. The Kier molecular flexibility index (Phi) is 12.6. The number of esters is 4. The van der Waals surface area contributed by atoms with Gasteiger partial charge in [-0.25, -0.2) is 14.4 Å². The van der Waals surface area contributed by atoms with Gasteiger partial charge in [-0.1, -0.05) is 15.9 Å². The van der Waals surface area contributed by atoms with Gasteiger partial charge in [-0.15, -0.1) is 0 Å². The molecule has 0 saturated carbocycles. The summed E-state index contributed by atoms with van der Waals surface area (Å²) in [5, 5.41) is 10.0. The Morgan fingerprint density at radius 3 is 1.48 bits per heavy atom. The lowest BCUT2D eigenvalue weighted by Gasteiger charge is -2.24. The molecular weight excluding hydrogens is 704 g/mol. The number of hydrogen-bond acceptors (Lipinski definition) is 13. The fraction of sp³-hybridized carbons (Fsp3) is 0.194. The number of carboxylic acid groups (broad SMARTS) is 1. The quantitative estimate of drug-likeness (QED) is 0.139. The molecule has 0 spiro atoms. The highest BCUT2D eigenvalue weighted by atomic mass is 79.9. The fourth-order valence-corrected chi connectivity index (χ4v) is 4.06. The van der Waals surface area contributed by atoms with E-state index in [1.807, 2.05) is 5.43 Å². The Bertz CT molecular complexity index is 1740. The Hall–Kier alpha value is -5.97. The predicted octanol–water partition coefficient (Wildman–Crippen LogP) is 2.61. The molecule has 3 rings (SSSR count). The van der Waals surface area contributed by atoms with Crippen molar-refractivity contribution in [1.29, 1.82) is 0 Å². The molecule has 0 aliphatic heterocycles. The molecule has 3 N–H and O–H groups in total. The molecule has 0 aliphatic carbocycles. The average molecular weight is 731 g/mol. The van der Waals surface area contributed by atoms with E-state index in [2.05, 4.69) is 21.4 Å². The van der Waals surface area contributed by atoms with Crippen LogP contribution < -0.4 is 29.8 Å². The van der Waals surface area contributed by atoms with Gasteiger partial charge in [-0.2, -0.15) is 0 Å². The lowest BCUT2D eigenvalue weighted by atomic mass is 10.1. The number of nitrogens with one attached hydrogen (secondary N) is 2. The van der Waals surface area contributed by atoms with E-state index in [1.165, 1.54) is 38.5 Å². The molecule has 0 aliphatic rings. The number of carbonyl (C=O) groups is 7. The van der Waals surface area contributed by atoms with Crippen molar-refractivity contribution in [3.05, 3.63) is 81.8 Å². The van der Waals surface area contributed by atoms with Crippen molar-refractivity contribution < 1.29 is 67.1 Å². The highest BCUT2D eigenvalue weighted by Gasteiger charge is 2.41. The number of methoxy groups -OCH3 is 2. The molecule has 0 aromatic heterocycles. The number of hydrazine groups is 1. The van der Waals surface area contributed by atoms with Gasteiger partial charge >= 0.3 is 29.8 Å². The van der Waals surface area contributed by atoms with Gasteiger partial charge in [0.25, 0.3) is 11.8 Å². The number of halogens is 1. The highest BCUT2D eigenvalue weighted by Crippen LogP contribution is 2.30. The number of benzene rings is 3. The molecule has 3 aromatic carbocycles. The molecule has 48 heavy (non-hydrogen) atoms. The number of hydrogen-bond donors (Lipinski definition) is 3. The zero-order chi connectivity index (χ0) is 35.5. The molecule has 0 unspecified atom stereocenters. The maximum Gasteiger partial charge on any atom is 0.349 e. The van der Waals surface area contributed by atoms with Crippen LogP contribution in [0.5, 0.6) is 23.0 Å². The predicted molar refractivity (Wildman–Crippen MR) is 164 cm³/mol. The first-order valence-corrected chi connectivity index (χ1v) is 14.3. The first-order valence-electron chi connectivity index (χ1n) is 13.5. The standard InChI is InChI=1S/C31H27BrN2O14/c1-15(35)45-21-11-7-18(13-23(21)43-3)30(41)47-25(28(38)34-33-27(37)17-5-9-20(32)10-6-17)26(29(39)40)48-31(42)19-8-12-22(46-16(2)36)24(14-19)44-4/h5-14,25-26H,1-4H3,(H,33,37)(H,34,38)(H,39,40)/t25-,26-/m0/s1. The zero-order valence-electron chi connectivity index (χ0n) is 25.6. The van der Waals surface area contributed by atoms with Gasteiger partial charge in [-0.05, 0) is 60.7 Å². The fourth-order valence-electron chi connectivity index (χ4n) is 3.79. The van der Waals surface area contributed by atoms with E-state index in [1.54, 1.807) is 12.1 Å². The second kappa shape index (κ2) is 16.5. The van der Waals surface area contributed by atoms with Crippen molar-refractivity contribution >= 4 is 57.6 Å². The summed E-state index contributed by atoms with van der Waals surface area (Å²) in [4.78, 5) is 87.3. The van der Waals surface area contributed by atoms with Crippen LogP contribution in [0.25, 0.3) is 0 Å². The van der Waals surface area contributed by atoms with Crippen LogP contribution in [-0.2, 0) is 28.7 Å². The summed E-state index contributed by atoms with van der Waals surface area (Å²) < 4.78 is 31.2. The Morgan fingerprint density at radius 2 is 1.06 bits per heavy atom. The maximum absolute atomic E-state index is 13.3. The molecule has 17 heteroatoms. The summed E-state index contributed by atoms with van der Waals surface area (Å²) in [6, 6.07) is 12.7. The van der Waals surface area contributed by atoms with Gasteiger partial charge in [0.2, 0.25) is 12.2 Å². The van der Waals surface area contributed by atoms with E-state index in [9.17, 15) is 38.7 Å². The van der Waals surface area contributed by atoms with Crippen molar-refractivity contribution in [2.75, 3.05) is 14.2 Å². The molecular formula is C31H27BrN2O14. The smallest absolute Gasteiger partial charge is 0.349 e. The number of carboxylic acids is 1. The van der Waals surface area contributed by atoms with Crippen LogP contribution in [-0.4, -0.2) is 73.2 Å². The maximum atomic E-state index is 13.3. The second-order valence-corrected chi connectivity index (χ2v) is 10.3. The zero-order valence-corrected chi connectivity index (χ0v) is 27.1. The first-order chi connectivity index (χ1) is 22.7. The van der Waals surface area contributed by atoms with Crippen molar-refractivity contribution in [1.82, 2.24) is 10.9 Å². The lowest BCUT2D eigenvalue weighted by Crippen LogP contribution is -2.54. The first kappa shape index (κ1) is 36.5. The normalized spacial score (nSPS) is 11.5. The molecule has 0 radical (unpaired) electrons. The van der Waals surface area contributed by atoms with Gasteiger partial charge in [0.1, 0.15) is 0 Å². The molecule has 3 aromatic rings. The van der Waals surface area contributed by atoms with Crippen LogP contribution in [0.3, 0.4) is 0 Å². The van der Waals surface area contributed by atoms with Gasteiger partial charge in [0.05, 0.1) is 25.3 Å². The SMILES string of the molecule is COc1cc(C(=O)O[C@H](C(=O)O)[C@H](OC(=O)c2ccc(OC(C)=O)c(OC)c2)C(=O)NNC(=O)c2ccc(Br)cc2)ccc1OC(C)=O. The Labute approximate surface area is 280 Å². The van der Waals surface area contributed by atoms with Crippen LogP contribution in [0.15, 0.2) is 65.1 Å². The molecule has 0 saturated heterocycles. The summed E-state index contributed by atoms with van der Waals surface area (Å²) in [5.74, 6) is -8.40. The van der Waals surface area contributed by atoms with Gasteiger partial charge in [0.15, 0.2) is 23.0 Å². The van der Waals surface area contributed by atoms with Crippen LogP contribution in [0.4, 0.5) is 0 Å². The largest absolute Gasteiger partial charge is 0.493 e. The molecule has 0 heterocycles. The van der Waals surface area contributed by atoms with Crippen molar-refractivity contribution in [2.24, 2.45) is 0 Å². The summed E-state index contributed by atoms with van der Waals surface area (Å²) in [6.45, 7) is 2.27. The van der Waals surface area contributed by atoms with Crippen molar-refractivity contribution in [3.63, 3.8) is 0 Å². The highest BCUT2D eigenvalue weighted by molar-refractivity contribution is 9.10. The number of carbonyl (C=O) groups excluding carboxylic acids is 6. The summed E-state index contributed by atoms with van der Waals surface area (Å²) in [5.41, 5.74) is 3.54. The van der Waals surface area contributed by atoms with Gasteiger partial charge in [0, 0.05) is 23.9 Å². The topological polar surface area (TPSA) is 219 Å². The lowest BCUT2D eigenvalue weighted by molar-refractivity contribution is -0.159. The number of ether oxygens (including phenoxy) is 6. The molecule has 16 nitrogen and oxygen atoms in total. The Morgan fingerprint density at radius 1 is 0.625 bits per heavy atom. The minimum atomic E-state index is -2.48. The number of aliphatic carboxylic acids is 1. The van der Waals surface area contributed by atoms with Crippen LogP contribution in [0, 0.1) is 0 Å². The number of amides is 2. The van der Waals surface area contributed by atoms with Gasteiger partial charge in [-0.3, -0.25) is 30.0 Å². The van der Waals surface area contributed by atoms with E-state index in [0.29, 0.717) is 4.47 Å². The van der Waals surface area contributed by atoms with Gasteiger partial charge < -0.3 is 33.5 Å². The molecule has 0 bridgehead atoms. The van der Waals surface area contributed by atoms with E-state index in [0.717, 1.165) is 38.1 Å². The Balaban J connectivity index is 1.94. The third-order valence-electron chi connectivity index (χ3n) is 5.96. The second-order valence-electron chi connectivity index (χ2n) is 9.36. The molecule has 2 atom stereocenters. The minimum absolute atomic E-state index is 0.0563.